The summed E-state index contributed by atoms with van der Waals surface area (Å²) >= 11 is 6.01. The zero-order chi connectivity index (χ0) is 13.5. The summed E-state index contributed by atoms with van der Waals surface area (Å²) in [4.78, 5) is 8.10. The molecule has 4 heteroatoms. The summed E-state index contributed by atoms with van der Waals surface area (Å²) in [5.74, 6) is 0.607. The molecule has 1 aromatic carbocycles. The molecule has 100 valence electrons. The molecule has 1 heterocycles. The standard InChI is InChI=1S/C15H17ClN2O/c1-2-13-14(16)17-11-18-15(13)19-10-6-9-12-7-4-3-5-8-12/h3-5,7-8,11H,2,6,9-10H2,1H3. The van der Waals surface area contributed by atoms with Crippen LogP contribution in [0.5, 0.6) is 5.88 Å². The quantitative estimate of drug-likeness (QED) is 0.596. The van der Waals surface area contributed by atoms with Crippen LogP contribution in [0.4, 0.5) is 0 Å². The van der Waals surface area contributed by atoms with Gasteiger partial charge in [0.1, 0.15) is 11.5 Å². The highest BCUT2D eigenvalue weighted by molar-refractivity contribution is 6.30. The second-order valence-corrected chi connectivity index (χ2v) is 4.60. The maximum Gasteiger partial charge on any atom is 0.221 e. The maximum atomic E-state index is 6.01. The lowest BCUT2D eigenvalue weighted by atomic mass is 10.1. The van der Waals surface area contributed by atoms with Crippen molar-refractivity contribution in [3.63, 3.8) is 0 Å². The van der Waals surface area contributed by atoms with Crippen LogP contribution in [0.25, 0.3) is 0 Å². The molecular formula is C15H17ClN2O. The van der Waals surface area contributed by atoms with Crippen LogP contribution in [0.2, 0.25) is 5.15 Å². The summed E-state index contributed by atoms with van der Waals surface area (Å²) < 4.78 is 5.70. The van der Waals surface area contributed by atoms with Crippen molar-refractivity contribution in [2.24, 2.45) is 0 Å². The molecule has 0 radical (unpaired) electrons. The van der Waals surface area contributed by atoms with Gasteiger partial charge in [0.05, 0.1) is 12.2 Å². The van der Waals surface area contributed by atoms with Crippen molar-refractivity contribution < 1.29 is 4.74 Å². The minimum Gasteiger partial charge on any atom is -0.477 e. The number of hydrogen-bond acceptors (Lipinski definition) is 3. The fourth-order valence-corrected chi connectivity index (χ4v) is 2.15. The lowest BCUT2D eigenvalue weighted by molar-refractivity contribution is 0.295. The number of benzene rings is 1. The monoisotopic (exact) mass is 276 g/mol. The molecule has 2 rings (SSSR count). The van der Waals surface area contributed by atoms with E-state index >= 15 is 0 Å². The number of nitrogens with zero attached hydrogens (tertiary/aromatic N) is 2. The van der Waals surface area contributed by atoms with Crippen molar-refractivity contribution >= 4 is 11.6 Å². The number of rotatable bonds is 6. The number of aryl methyl sites for hydroxylation is 1. The van der Waals surface area contributed by atoms with Crippen LogP contribution in [0.3, 0.4) is 0 Å². The van der Waals surface area contributed by atoms with Crippen molar-refractivity contribution in [1.82, 2.24) is 9.97 Å². The summed E-state index contributed by atoms with van der Waals surface area (Å²) in [6.07, 6.45) is 4.16. The third kappa shape index (κ3) is 3.93. The van der Waals surface area contributed by atoms with Gasteiger partial charge in [-0.3, -0.25) is 0 Å². The molecule has 0 bridgehead atoms. The molecule has 2 aromatic rings. The van der Waals surface area contributed by atoms with E-state index in [2.05, 4.69) is 34.2 Å². The van der Waals surface area contributed by atoms with Crippen LogP contribution in [-0.2, 0) is 12.8 Å². The van der Waals surface area contributed by atoms with Crippen LogP contribution < -0.4 is 4.74 Å². The van der Waals surface area contributed by atoms with E-state index in [0.29, 0.717) is 17.6 Å². The number of hydrogen-bond donors (Lipinski definition) is 0. The summed E-state index contributed by atoms with van der Waals surface area (Å²) in [5, 5.41) is 0.482. The Bertz CT molecular complexity index is 517. The smallest absolute Gasteiger partial charge is 0.221 e. The predicted octanol–water partition coefficient (Wildman–Crippen LogP) is 3.70. The Labute approximate surface area is 118 Å². The van der Waals surface area contributed by atoms with Gasteiger partial charge in [-0.25, -0.2) is 9.97 Å². The van der Waals surface area contributed by atoms with Gasteiger partial charge in [0.25, 0.3) is 0 Å². The van der Waals surface area contributed by atoms with E-state index in [-0.39, 0.29) is 0 Å². The molecule has 0 fully saturated rings. The second-order valence-electron chi connectivity index (χ2n) is 4.24. The molecular weight excluding hydrogens is 260 g/mol. The van der Waals surface area contributed by atoms with E-state index in [1.807, 2.05) is 13.0 Å². The Balaban J connectivity index is 1.85. The third-order valence-corrected chi connectivity index (χ3v) is 3.22. The van der Waals surface area contributed by atoms with E-state index in [9.17, 15) is 0 Å². The number of aromatic nitrogens is 2. The Morgan fingerprint density at radius 3 is 2.68 bits per heavy atom. The van der Waals surface area contributed by atoms with Crippen molar-refractivity contribution in [2.75, 3.05) is 6.61 Å². The molecule has 19 heavy (non-hydrogen) atoms. The first kappa shape index (κ1) is 13.8. The Morgan fingerprint density at radius 1 is 1.16 bits per heavy atom. The predicted molar refractivity (Wildman–Crippen MR) is 76.7 cm³/mol. The van der Waals surface area contributed by atoms with Crippen LogP contribution in [0.15, 0.2) is 36.7 Å². The molecule has 0 saturated carbocycles. The molecule has 0 N–H and O–H groups in total. The molecule has 0 aliphatic heterocycles. The average Bonchev–Trinajstić information content (AvgIpc) is 2.45. The highest BCUT2D eigenvalue weighted by atomic mass is 35.5. The summed E-state index contributed by atoms with van der Waals surface area (Å²) in [7, 11) is 0. The Kier molecular flexibility index (Phi) is 5.16. The van der Waals surface area contributed by atoms with Gasteiger partial charge in [-0.15, -0.1) is 0 Å². The molecule has 3 nitrogen and oxygen atoms in total. The highest BCUT2D eigenvalue weighted by Crippen LogP contribution is 2.22. The van der Waals surface area contributed by atoms with Gasteiger partial charge in [-0.1, -0.05) is 48.9 Å². The topological polar surface area (TPSA) is 35.0 Å². The molecule has 0 aliphatic carbocycles. The van der Waals surface area contributed by atoms with Crippen LogP contribution in [0.1, 0.15) is 24.5 Å². The number of ether oxygens (including phenoxy) is 1. The highest BCUT2D eigenvalue weighted by Gasteiger charge is 2.08. The van der Waals surface area contributed by atoms with E-state index in [0.717, 1.165) is 24.8 Å². The summed E-state index contributed by atoms with van der Waals surface area (Å²) in [6, 6.07) is 10.4. The second kappa shape index (κ2) is 7.10. The molecule has 0 aliphatic rings. The Morgan fingerprint density at radius 2 is 1.95 bits per heavy atom. The first-order valence-corrected chi connectivity index (χ1v) is 6.85. The van der Waals surface area contributed by atoms with Crippen LogP contribution >= 0.6 is 11.6 Å². The van der Waals surface area contributed by atoms with Crippen LogP contribution in [-0.4, -0.2) is 16.6 Å². The average molecular weight is 277 g/mol. The van der Waals surface area contributed by atoms with E-state index in [1.165, 1.54) is 11.9 Å². The van der Waals surface area contributed by atoms with Crippen LogP contribution in [0, 0.1) is 0 Å². The molecule has 1 aromatic heterocycles. The SMILES string of the molecule is CCc1c(Cl)ncnc1OCCCc1ccccc1. The van der Waals surface area contributed by atoms with Gasteiger partial charge in [-0.05, 0) is 24.8 Å². The maximum absolute atomic E-state index is 6.01. The largest absolute Gasteiger partial charge is 0.477 e. The van der Waals surface area contributed by atoms with Gasteiger partial charge >= 0.3 is 0 Å². The minimum atomic E-state index is 0.482. The van der Waals surface area contributed by atoms with Gasteiger partial charge in [0.2, 0.25) is 5.88 Å². The summed E-state index contributed by atoms with van der Waals surface area (Å²) in [5.41, 5.74) is 2.20. The van der Waals surface area contributed by atoms with Gasteiger partial charge in [-0.2, -0.15) is 0 Å². The molecule has 0 spiro atoms. The van der Waals surface area contributed by atoms with Crippen molar-refractivity contribution in [2.45, 2.75) is 26.2 Å². The fourth-order valence-electron chi connectivity index (χ4n) is 1.89. The first-order chi connectivity index (χ1) is 9.31. The molecule has 0 saturated heterocycles. The van der Waals surface area contributed by atoms with Crippen molar-refractivity contribution in [3.05, 3.63) is 52.9 Å². The molecule has 0 unspecified atom stereocenters. The zero-order valence-corrected chi connectivity index (χ0v) is 11.7. The van der Waals surface area contributed by atoms with Gasteiger partial charge in [0.15, 0.2) is 0 Å². The number of halogens is 1. The van der Waals surface area contributed by atoms with E-state index in [1.54, 1.807) is 0 Å². The van der Waals surface area contributed by atoms with Crippen molar-refractivity contribution in [3.8, 4) is 5.88 Å². The van der Waals surface area contributed by atoms with E-state index < -0.39 is 0 Å². The Hall–Kier alpha value is -1.61. The third-order valence-electron chi connectivity index (χ3n) is 2.90. The normalized spacial score (nSPS) is 10.4. The molecule has 0 atom stereocenters. The lowest BCUT2D eigenvalue weighted by Crippen LogP contribution is -2.04. The minimum absolute atomic E-state index is 0.482. The zero-order valence-electron chi connectivity index (χ0n) is 11.0. The van der Waals surface area contributed by atoms with E-state index in [4.69, 9.17) is 16.3 Å². The van der Waals surface area contributed by atoms with Crippen molar-refractivity contribution in [1.29, 1.82) is 0 Å². The van der Waals surface area contributed by atoms with Gasteiger partial charge < -0.3 is 4.74 Å². The lowest BCUT2D eigenvalue weighted by Gasteiger charge is -2.09. The van der Waals surface area contributed by atoms with Gasteiger partial charge in [0, 0.05) is 0 Å². The summed E-state index contributed by atoms with van der Waals surface area (Å²) in [6.45, 7) is 2.65. The molecule has 0 amide bonds. The first-order valence-electron chi connectivity index (χ1n) is 6.47. The fraction of sp³-hybridized carbons (Fsp3) is 0.333.